The predicted molar refractivity (Wildman–Crippen MR) is 118 cm³/mol. The van der Waals surface area contributed by atoms with Crippen molar-refractivity contribution in [2.24, 2.45) is 5.92 Å². The number of para-hydroxylation sites is 1. The molecule has 4 heteroatoms. The van der Waals surface area contributed by atoms with E-state index in [1.165, 1.54) is 5.56 Å². The van der Waals surface area contributed by atoms with Gasteiger partial charge in [0.25, 0.3) is 0 Å². The third-order valence-electron chi connectivity index (χ3n) is 4.22. The molecule has 0 saturated carbocycles. The number of benzene rings is 3. The second-order valence-corrected chi connectivity index (χ2v) is 7.24. The molecule has 0 aromatic heterocycles. The summed E-state index contributed by atoms with van der Waals surface area (Å²) >= 11 is 0. The average molecular weight is 392 g/mol. The molecule has 0 fully saturated rings. The molecule has 3 aromatic carbocycles. The Bertz CT molecular complexity index is 830. The van der Waals surface area contributed by atoms with Gasteiger partial charge in [-0.1, -0.05) is 44.2 Å². The van der Waals surface area contributed by atoms with Crippen LogP contribution in [0.3, 0.4) is 0 Å². The van der Waals surface area contributed by atoms with Gasteiger partial charge in [0.1, 0.15) is 30.5 Å². The van der Waals surface area contributed by atoms with E-state index < -0.39 is 0 Å². The Morgan fingerprint density at radius 3 is 1.83 bits per heavy atom. The number of rotatable bonds is 11. The average Bonchev–Trinajstić information content (AvgIpc) is 2.76. The highest BCUT2D eigenvalue weighted by Crippen LogP contribution is 2.18. The lowest BCUT2D eigenvalue weighted by Gasteiger charge is -2.11. The molecule has 0 saturated heterocycles. The van der Waals surface area contributed by atoms with Crippen molar-refractivity contribution in [3.8, 4) is 17.2 Å². The first-order valence-electron chi connectivity index (χ1n) is 10.1. The van der Waals surface area contributed by atoms with Gasteiger partial charge in [0.2, 0.25) is 0 Å². The van der Waals surface area contributed by atoms with Gasteiger partial charge in [-0.25, -0.2) is 0 Å². The molecular weight excluding hydrogens is 362 g/mol. The molecule has 0 radical (unpaired) electrons. The van der Waals surface area contributed by atoms with Crippen LogP contribution in [0.4, 0.5) is 5.69 Å². The third-order valence-corrected chi connectivity index (χ3v) is 4.22. The van der Waals surface area contributed by atoms with Gasteiger partial charge in [0, 0.05) is 12.2 Å². The highest BCUT2D eigenvalue weighted by atomic mass is 16.5. The SMILES string of the molecule is CC(C)COc1ccc(CNc2ccc(OCCOc3ccccc3)cc2)cc1. The molecule has 29 heavy (non-hydrogen) atoms. The predicted octanol–water partition coefficient (Wildman–Crippen LogP) is 5.79. The molecule has 0 spiro atoms. The molecule has 0 aliphatic rings. The van der Waals surface area contributed by atoms with Crippen molar-refractivity contribution >= 4 is 5.69 Å². The molecular formula is C25H29NO3. The maximum Gasteiger partial charge on any atom is 0.122 e. The Morgan fingerprint density at radius 2 is 1.21 bits per heavy atom. The first-order chi connectivity index (χ1) is 14.2. The minimum atomic E-state index is 0.507. The third kappa shape index (κ3) is 7.41. The summed E-state index contributed by atoms with van der Waals surface area (Å²) in [5.41, 5.74) is 2.26. The maximum absolute atomic E-state index is 5.73. The zero-order valence-corrected chi connectivity index (χ0v) is 17.1. The van der Waals surface area contributed by atoms with Gasteiger partial charge < -0.3 is 19.5 Å². The molecule has 0 aliphatic carbocycles. The van der Waals surface area contributed by atoms with Crippen LogP contribution in [0.15, 0.2) is 78.9 Å². The molecule has 152 valence electrons. The molecule has 3 rings (SSSR count). The van der Waals surface area contributed by atoms with Crippen molar-refractivity contribution < 1.29 is 14.2 Å². The van der Waals surface area contributed by atoms with Crippen molar-refractivity contribution in [2.75, 3.05) is 25.1 Å². The van der Waals surface area contributed by atoms with E-state index in [1.54, 1.807) is 0 Å². The van der Waals surface area contributed by atoms with Crippen molar-refractivity contribution in [1.29, 1.82) is 0 Å². The van der Waals surface area contributed by atoms with Crippen LogP contribution in [-0.2, 0) is 6.54 Å². The summed E-state index contributed by atoms with van der Waals surface area (Å²) < 4.78 is 17.1. The molecule has 3 aromatic rings. The van der Waals surface area contributed by atoms with Crippen molar-refractivity contribution in [3.05, 3.63) is 84.4 Å². The zero-order valence-electron chi connectivity index (χ0n) is 17.1. The second-order valence-electron chi connectivity index (χ2n) is 7.24. The maximum atomic E-state index is 5.73. The summed E-state index contributed by atoms with van der Waals surface area (Å²) in [5, 5.41) is 3.43. The van der Waals surface area contributed by atoms with E-state index in [2.05, 4.69) is 31.3 Å². The smallest absolute Gasteiger partial charge is 0.122 e. The zero-order chi connectivity index (χ0) is 20.3. The quantitative estimate of drug-likeness (QED) is 0.420. The van der Waals surface area contributed by atoms with Crippen LogP contribution >= 0.6 is 0 Å². The summed E-state index contributed by atoms with van der Waals surface area (Å²) in [5.74, 6) is 3.13. The highest BCUT2D eigenvalue weighted by molar-refractivity contribution is 5.47. The van der Waals surface area contributed by atoms with Crippen LogP contribution < -0.4 is 19.5 Å². The lowest BCUT2D eigenvalue weighted by atomic mass is 10.2. The van der Waals surface area contributed by atoms with E-state index in [0.29, 0.717) is 19.1 Å². The fourth-order valence-electron chi connectivity index (χ4n) is 2.68. The summed E-state index contributed by atoms with van der Waals surface area (Å²) in [4.78, 5) is 0. The number of hydrogen-bond donors (Lipinski definition) is 1. The van der Waals surface area contributed by atoms with Crippen molar-refractivity contribution in [3.63, 3.8) is 0 Å². The van der Waals surface area contributed by atoms with Crippen molar-refractivity contribution in [2.45, 2.75) is 20.4 Å². The molecule has 0 aliphatic heterocycles. The van der Waals surface area contributed by atoms with Crippen LogP contribution in [0, 0.1) is 5.92 Å². The minimum absolute atomic E-state index is 0.507. The molecule has 0 bridgehead atoms. The van der Waals surface area contributed by atoms with Gasteiger partial charge in [-0.05, 0) is 60.0 Å². The van der Waals surface area contributed by atoms with E-state index in [4.69, 9.17) is 14.2 Å². The summed E-state index contributed by atoms with van der Waals surface area (Å²) in [6.45, 7) is 6.81. The highest BCUT2D eigenvalue weighted by Gasteiger charge is 2.00. The van der Waals surface area contributed by atoms with E-state index in [-0.39, 0.29) is 0 Å². The molecule has 0 heterocycles. The Morgan fingerprint density at radius 1 is 0.655 bits per heavy atom. The number of nitrogens with one attached hydrogen (secondary N) is 1. The first kappa shape index (κ1) is 20.6. The van der Waals surface area contributed by atoms with Crippen LogP contribution in [0.25, 0.3) is 0 Å². The van der Waals surface area contributed by atoms with E-state index in [9.17, 15) is 0 Å². The Hall–Kier alpha value is -3.14. The number of hydrogen-bond acceptors (Lipinski definition) is 4. The normalized spacial score (nSPS) is 10.6. The van der Waals surface area contributed by atoms with Crippen molar-refractivity contribution in [1.82, 2.24) is 0 Å². The van der Waals surface area contributed by atoms with Crippen LogP contribution in [0.5, 0.6) is 17.2 Å². The van der Waals surface area contributed by atoms with Gasteiger partial charge >= 0.3 is 0 Å². The molecule has 0 unspecified atom stereocenters. The second kappa shape index (κ2) is 11.0. The topological polar surface area (TPSA) is 39.7 Å². The molecule has 4 nitrogen and oxygen atoms in total. The van der Waals surface area contributed by atoms with Gasteiger partial charge in [-0.15, -0.1) is 0 Å². The summed E-state index contributed by atoms with van der Waals surface area (Å²) in [6.07, 6.45) is 0. The van der Waals surface area contributed by atoms with E-state index >= 15 is 0 Å². The number of anilines is 1. The standard InChI is InChI=1S/C25H29NO3/c1-20(2)19-29-25-12-8-21(9-13-25)18-26-22-10-14-24(15-11-22)28-17-16-27-23-6-4-3-5-7-23/h3-15,20,26H,16-19H2,1-2H3. The van der Waals surface area contributed by atoms with Gasteiger partial charge in [0.05, 0.1) is 6.61 Å². The Kier molecular flexibility index (Phi) is 7.81. The minimum Gasteiger partial charge on any atom is -0.493 e. The Labute approximate surface area is 173 Å². The lowest BCUT2D eigenvalue weighted by molar-refractivity contribution is 0.217. The Balaban J connectivity index is 1.37. The first-order valence-corrected chi connectivity index (χ1v) is 10.1. The number of ether oxygens (including phenoxy) is 3. The van der Waals surface area contributed by atoms with Gasteiger partial charge in [-0.2, -0.15) is 0 Å². The van der Waals surface area contributed by atoms with Crippen LogP contribution in [0.1, 0.15) is 19.4 Å². The summed E-state index contributed by atoms with van der Waals surface area (Å²) in [6, 6.07) is 26.0. The van der Waals surface area contributed by atoms with Crippen LogP contribution in [-0.4, -0.2) is 19.8 Å². The van der Waals surface area contributed by atoms with Crippen LogP contribution in [0.2, 0.25) is 0 Å². The fourth-order valence-corrected chi connectivity index (χ4v) is 2.68. The van der Waals surface area contributed by atoms with Gasteiger partial charge in [-0.3, -0.25) is 0 Å². The fraction of sp³-hybridized carbons (Fsp3) is 0.280. The molecule has 0 amide bonds. The van der Waals surface area contributed by atoms with E-state index in [1.807, 2.05) is 66.7 Å². The largest absolute Gasteiger partial charge is 0.493 e. The van der Waals surface area contributed by atoms with E-state index in [0.717, 1.165) is 36.1 Å². The summed E-state index contributed by atoms with van der Waals surface area (Å²) in [7, 11) is 0. The molecule has 1 N–H and O–H groups in total. The monoisotopic (exact) mass is 391 g/mol. The molecule has 0 atom stereocenters. The lowest BCUT2D eigenvalue weighted by Crippen LogP contribution is -2.08. The van der Waals surface area contributed by atoms with Gasteiger partial charge in [0.15, 0.2) is 0 Å².